The van der Waals surface area contributed by atoms with Crippen molar-refractivity contribution >= 4 is 11.9 Å². The van der Waals surface area contributed by atoms with Gasteiger partial charge >= 0.3 is 5.97 Å². The molecule has 0 aromatic heterocycles. The first-order chi connectivity index (χ1) is 11.3. The van der Waals surface area contributed by atoms with Crippen molar-refractivity contribution in [1.82, 2.24) is 5.32 Å². The average Bonchev–Trinajstić information content (AvgIpc) is 2.55. The number of rotatable bonds is 9. The van der Waals surface area contributed by atoms with Gasteiger partial charge in [-0.1, -0.05) is 13.8 Å². The summed E-state index contributed by atoms with van der Waals surface area (Å²) >= 11 is 0. The molecule has 6 nitrogen and oxygen atoms in total. The van der Waals surface area contributed by atoms with Crippen molar-refractivity contribution in [1.29, 1.82) is 0 Å². The molecular weight excluding hydrogens is 310 g/mol. The van der Waals surface area contributed by atoms with E-state index < -0.39 is 11.4 Å². The molecule has 24 heavy (non-hydrogen) atoms. The quantitative estimate of drug-likeness (QED) is 0.723. The van der Waals surface area contributed by atoms with Crippen LogP contribution in [0.4, 0.5) is 0 Å². The molecule has 1 aromatic carbocycles. The predicted octanol–water partition coefficient (Wildman–Crippen LogP) is 3.10. The van der Waals surface area contributed by atoms with Crippen LogP contribution in [0.5, 0.6) is 11.5 Å². The first-order valence-electron chi connectivity index (χ1n) is 8.16. The van der Waals surface area contributed by atoms with Gasteiger partial charge in [0.15, 0.2) is 0 Å². The molecule has 134 valence electrons. The van der Waals surface area contributed by atoms with Crippen LogP contribution < -0.4 is 14.8 Å². The minimum Gasteiger partial charge on any atom is -0.497 e. The molecule has 1 rings (SSSR count). The molecule has 0 saturated heterocycles. The van der Waals surface area contributed by atoms with E-state index in [0.29, 0.717) is 29.9 Å². The number of carboxylic acid groups (broad SMARTS) is 1. The number of hydrogen-bond acceptors (Lipinski definition) is 4. The van der Waals surface area contributed by atoms with Crippen LogP contribution in [-0.4, -0.2) is 36.7 Å². The van der Waals surface area contributed by atoms with E-state index in [4.69, 9.17) is 9.47 Å². The van der Waals surface area contributed by atoms with Gasteiger partial charge in [-0.25, -0.2) is 0 Å². The molecule has 1 amide bonds. The summed E-state index contributed by atoms with van der Waals surface area (Å²) in [7, 11) is 1.54. The topological polar surface area (TPSA) is 84.9 Å². The third-order valence-electron chi connectivity index (χ3n) is 4.19. The van der Waals surface area contributed by atoms with Crippen molar-refractivity contribution in [2.24, 2.45) is 5.41 Å². The largest absolute Gasteiger partial charge is 0.497 e. The number of ether oxygens (including phenoxy) is 2. The first kappa shape index (κ1) is 19.8. The third-order valence-corrected chi connectivity index (χ3v) is 4.19. The maximum absolute atomic E-state index is 12.5. The number of methoxy groups -OCH3 is 1. The van der Waals surface area contributed by atoms with E-state index in [1.54, 1.807) is 18.2 Å². The molecule has 0 radical (unpaired) electrons. The van der Waals surface area contributed by atoms with Gasteiger partial charge in [0.25, 0.3) is 5.91 Å². The Morgan fingerprint density at radius 1 is 1.25 bits per heavy atom. The molecule has 0 heterocycles. The Hall–Kier alpha value is -2.24. The molecule has 1 aromatic rings. The maximum atomic E-state index is 12.5. The zero-order valence-electron chi connectivity index (χ0n) is 15.0. The number of carbonyl (C=O) groups excluding carboxylic acids is 1. The highest BCUT2D eigenvalue weighted by Crippen LogP contribution is 2.28. The number of hydrogen-bond donors (Lipinski definition) is 2. The second-order valence-corrected chi connectivity index (χ2v) is 6.00. The number of amides is 1. The highest BCUT2D eigenvalue weighted by atomic mass is 16.5. The lowest BCUT2D eigenvalue weighted by molar-refractivity contribution is -0.149. The van der Waals surface area contributed by atoms with E-state index in [1.165, 1.54) is 7.11 Å². The highest BCUT2D eigenvalue weighted by molar-refractivity contribution is 5.97. The zero-order chi connectivity index (χ0) is 18.3. The Balaban J connectivity index is 3.00. The van der Waals surface area contributed by atoms with E-state index in [-0.39, 0.29) is 18.6 Å². The van der Waals surface area contributed by atoms with Gasteiger partial charge in [0.2, 0.25) is 0 Å². The Morgan fingerprint density at radius 3 is 2.33 bits per heavy atom. The van der Waals surface area contributed by atoms with Crippen LogP contribution in [0.2, 0.25) is 0 Å². The van der Waals surface area contributed by atoms with Crippen molar-refractivity contribution in [3.63, 3.8) is 0 Å². The van der Waals surface area contributed by atoms with E-state index in [0.717, 1.165) is 0 Å². The maximum Gasteiger partial charge on any atom is 0.311 e. The van der Waals surface area contributed by atoms with Crippen LogP contribution in [0.3, 0.4) is 0 Å². The molecule has 0 bridgehead atoms. The van der Waals surface area contributed by atoms with E-state index >= 15 is 0 Å². The lowest BCUT2D eigenvalue weighted by Gasteiger charge is -2.27. The van der Waals surface area contributed by atoms with Crippen molar-refractivity contribution in [2.45, 2.75) is 46.6 Å². The van der Waals surface area contributed by atoms with Gasteiger partial charge in [-0.3, -0.25) is 9.59 Å². The molecule has 0 aliphatic carbocycles. The number of nitrogens with one attached hydrogen (secondary N) is 1. The Kier molecular flexibility index (Phi) is 7.07. The number of carbonyl (C=O) groups is 2. The smallest absolute Gasteiger partial charge is 0.311 e. The van der Waals surface area contributed by atoms with Crippen molar-refractivity contribution < 1.29 is 24.2 Å². The number of carboxylic acids is 1. The summed E-state index contributed by atoms with van der Waals surface area (Å²) in [5.74, 6) is -0.262. The molecule has 2 N–H and O–H groups in total. The number of benzene rings is 1. The lowest BCUT2D eigenvalue weighted by Crippen LogP contribution is -2.42. The summed E-state index contributed by atoms with van der Waals surface area (Å²) in [5.41, 5.74) is -0.600. The van der Waals surface area contributed by atoms with Gasteiger partial charge in [0.1, 0.15) is 11.5 Å². The summed E-state index contributed by atoms with van der Waals surface area (Å²) in [5, 5.41) is 12.2. The monoisotopic (exact) mass is 337 g/mol. The van der Waals surface area contributed by atoms with Gasteiger partial charge in [0, 0.05) is 12.6 Å². The lowest BCUT2D eigenvalue weighted by atomic mass is 9.82. The standard InChI is InChI=1S/C18H27NO5/c1-6-18(7-2,17(21)22)11-19-16(20)14-9-8-13(23-5)10-15(14)24-12(3)4/h8-10,12H,6-7,11H2,1-5H3,(H,19,20)(H,21,22). The molecule has 0 aliphatic rings. The first-order valence-corrected chi connectivity index (χ1v) is 8.16. The fourth-order valence-electron chi connectivity index (χ4n) is 2.39. The van der Waals surface area contributed by atoms with Gasteiger partial charge < -0.3 is 19.9 Å². The Labute approximate surface area is 143 Å². The van der Waals surface area contributed by atoms with E-state index in [2.05, 4.69) is 5.32 Å². The third kappa shape index (κ3) is 4.63. The number of aliphatic carboxylic acids is 1. The van der Waals surface area contributed by atoms with Crippen molar-refractivity contribution in [2.75, 3.05) is 13.7 Å². The fourth-order valence-corrected chi connectivity index (χ4v) is 2.39. The fraction of sp³-hybridized carbons (Fsp3) is 0.556. The minimum atomic E-state index is -0.957. The molecule has 0 unspecified atom stereocenters. The van der Waals surface area contributed by atoms with Crippen LogP contribution in [0.15, 0.2) is 18.2 Å². The van der Waals surface area contributed by atoms with Crippen LogP contribution in [-0.2, 0) is 4.79 Å². The minimum absolute atomic E-state index is 0.0707. The average molecular weight is 337 g/mol. The normalized spacial score (nSPS) is 11.2. The summed E-state index contributed by atoms with van der Waals surface area (Å²) < 4.78 is 10.8. The van der Waals surface area contributed by atoms with Gasteiger partial charge in [0.05, 0.1) is 24.2 Å². The molecule has 0 fully saturated rings. The van der Waals surface area contributed by atoms with E-state index in [1.807, 2.05) is 27.7 Å². The van der Waals surface area contributed by atoms with Crippen molar-refractivity contribution in [3.8, 4) is 11.5 Å². The van der Waals surface area contributed by atoms with Gasteiger partial charge in [-0.15, -0.1) is 0 Å². The Morgan fingerprint density at radius 2 is 1.88 bits per heavy atom. The molecule has 0 saturated carbocycles. The molecular formula is C18H27NO5. The van der Waals surface area contributed by atoms with Crippen LogP contribution in [0.25, 0.3) is 0 Å². The highest BCUT2D eigenvalue weighted by Gasteiger charge is 2.35. The SMILES string of the molecule is CCC(CC)(CNC(=O)c1ccc(OC)cc1OC(C)C)C(=O)O. The summed E-state index contributed by atoms with van der Waals surface area (Å²) in [6, 6.07) is 4.94. The molecule has 0 aliphatic heterocycles. The zero-order valence-corrected chi connectivity index (χ0v) is 15.0. The van der Waals surface area contributed by atoms with Gasteiger partial charge in [-0.2, -0.15) is 0 Å². The van der Waals surface area contributed by atoms with Crippen LogP contribution >= 0.6 is 0 Å². The summed E-state index contributed by atoms with van der Waals surface area (Å²) in [4.78, 5) is 24.1. The molecule has 0 spiro atoms. The summed E-state index contributed by atoms with van der Waals surface area (Å²) in [6.45, 7) is 7.42. The van der Waals surface area contributed by atoms with Crippen molar-refractivity contribution in [3.05, 3.63) is 23.8 Å². The molecule has 6 heteroatoms. The summed E-state index contributed by atoms with van der Waals surface area (Å²) in [6.07, 6.45) is 0.779. The Bertz CT molecular complexity index is 579. The van der Waals surface area contributed by atoms with Crippen LogP contribution in [0.1, 0.15) is 50.9 Å². The van der Waals surface area contributed by atoms with Crippen LogP contribution in [0, 0.1) is 5.41 Å². The molecule has 0 atom stereocenters. The van der Waals surface area contributed by atoms with Gasteiger partial charge in [-0.05, 0) is 38.8 Å². The predicted molar refractivity (Wildman–Crippen MR) is 91.7 cm³/mol. The second-order valence-electron chi connectivity index (χ2n) is 6.00. The van der Waals surface area contributed by atoms with E-state index in [9.17, 15) is 14.7 Å². The second kappa shape index (κ2) is 8.57.